The summed E-state index contributed by atoms with van der Waals surface area (Å²) < 4.78 is 0. The van der Waals surface area contributed by atoms with Gasteiger partial charge in [-0.15, -0.1) is 0 Å². The zero-order chi connectivity index (χ0) is 11.4. The minimum Gasteiger partial charge on any atom is -0.465 e. The van der Waals surface area contributed by atoms with E-state index in [0.29, 0.717) is 6.42 Å². The molecule has 4 heteroatoms. The quantitative estimate of drug-likeness (QED) is 0.734. The van der Waals surface area contributed by atoms with Crippen LogP contribution in [-0.2, 0) is 0 Å². The molecule has 0 saturated heterocycles. The van der Waals surface area contributed by atoms with E-state index in [9.17, 15) is 4.79 Å². The summed E-state index contributed by atoms with van der Waals surface area (Å²) in [5, 5.41) is 18.2. The fourth-order valence-corrected chi connectivity index (χ4v) is 1.63. The van der Waals surface area contributed by atoms with E-state index in [1.807, 2.05) is 27.7 Å². The molecule has 0 aromatic rings. The second-order valence-electron chi connectivity index (χ2n) is 4.45. The Bertz CT molecular complexity index is 186. The van der Waals surface area contributed by atoms with E-state index in [4.69, 9.17) is 10.2 Å². The molecule has 0 bridgehead atoms. The molecule has 0 radical (unpaired) electrons. The lowest BCUT2D eigenvalue weighted by atomic mass is 10.0. The average molecular weight is 203 g/mol. The zero-order valence-electron chi connectivity index (χ0n) is 9.45. The van der Waals surface area contributed by atoms with Crippen molar-refractivity contribution in [1.29, 1.82) is 0 Å². The molecule has 0 aliphatic carbocycles. The number of aliphatic hydroxyl groups excluding tert-OH is 1. The number of rotatable bonds is 4. The van der Waals surface area contributed by atoms with E-state index in [2.05, 4.69) is 0 Å². The molecule has 0 aliphatic heterocycles. The number of aliphatic hydroxyl groups is 1. The van der Waals surface area contributed by atoms with Crippen LogP contribution in [0.3, 0.4) is 0 Å². The molecule has 0 aromatic heterocycles. The van der Waals surface area contributed by atoms with Gasteiger partial charge in [-0.3, -0.25) is 4.90 Å². The number of carbonyl (C=O) groups is 1. The highest BCUT2D eigenvalue weighted by Crippen LogP contribution is 2.19. The molecule has 1 amide bonds. The molecule has 0 rings (SSSR count). The fraction of sp³-hybridized carbons (Fsp3) is 0.900. The minimum absolute atomic E-state index is 0.114. The van der Waals surface area contributed by atoms with Crippen LogP contribution in [0.4, 0.5) is 4.79 Å². The van der Waals surface area contributed by atoms with Gasteiger partial charge in [0.1, 0.15) is 0 Å². The summed E-state index contributed by atoms with van der Waals surface area (Å²) in [4.78, 5) is 12.4. The van der Waals surface area contributed by atoms with Crippen molar-refractivity contribution in [2.45, 2.75) is 52.1 Å². The number of hydrogen-bond donors (Lipinski definition) is 2. The average Bonchev–Trinajstić information content (AvgIpc) is 2.00. The van der Waals surface area contributed by atoms with Crippen LogP contribution in [0.25, 0.3) is 0 Å². The maximum Gasteiger partial charge on any atom is 0.408 e. The number of nitrogens with zero attached hydrogens (tertiary/aromatic N) is 1. The summed E-state index contributed by atoms with van der Waals surface area (Å²) in [5.41, 5.74) is -0.464. The third-order valence-electron chi connectivity index (χ3n) is 2.13. The van der Waals surface area contributed by atoms with Gasteiger partial charge in [-0.1, -0.05) is 13.3 Å². The third-order valence-corrected chi connectivity index (χ3v) is 2.13. The van der Waals surface area contributed by atoms with Crippen molar-refractivity contribution in [2.24, 2.45) is 0 Å². The summed E-state index contributed by atoms with van der Waals surface area (Å²) in [6, 6.07) is -0.294. The number of hydrogen-bond acceptors (Lipinski definition) is 2. The maximum absolute atomic E-state index is 11.0. The van der Waals surface area contributed by atoms with E-state index in [-0.39, 0.29) is 12.6 Å². The van der Waals surface area contributed by atoms with Gasteiger partial charge in [-0.05, 0) is 27.2 Å². The van der Waals surface area contributed by atoms with Crippen LogP contribution in [0, 0.1) is 0 Å². The topological polar surface area (TPSA) is 60.8 Å². The summed E-state index contributed by atoms with van der Waals surface area (Å²) >= 11 is 0. The van der Waals surface area contributed by atoms with E-state index < -0.39 is 11.6 Å². The Kier molecular flexibility index (Phi) is 4.91. The Morgan fingerprint density at radius 2 is 1.93 bits per heavy atom. The molecular formula is C10H21NO3. The number of amides is 1. The smallest absolute Gasteiger partial charge is 0.408 e. The van der Waals surface area contributed by atoms with Crippen LogP contribution in [0.5, 0.6) is 0 Å². The van der Waals surface area contributed by atoms with Gasteiger partial charge in [0.2, 0.25) is 0 Å². The summed E-state index contributed by atoms with van der Waals surface area (Å²) in [6.07, 6.45) is 0.593. The van der Waals surface area contributed by atoms with Gasteiger partial charge in [0, 0.05) is 5.54 Å². The molecule has 0 aromatic carbocycles. The first-order valence-corrected chi connectivity index (χ1v) is 4.97. The molecular weight excluding hydrogens is 182 g/mol. The SMILES string of the molecule is CCCC(CO)N(C(=O)O)C(C)(C)C. The highest BCUT2D eigenvalue weighted by Gasteiger charge is 2.32. The lowest BCUT2D eigenvalue weighted by Crippen LogP contribution is -2.52. The van der Waals surface area contributed by atoms with Crippen molar-refractivity contribution in [3.05, 3.63) is 0 Å². The van der Waals surface area contributed by atoms with Crippen molar-refractivity contribution in [2.75, 3.05) is 6.61 Å². The molecule has 4 nitrogen and oxygen atoms in total. The molecule has 0 fully saturated rings. The third kappa shape index (κ3) is 3.54. The van der Waals surface area contributed by atoms with Crippen LogP contribution >= 0.6 is 0 Å². The Balaban J connectivity index is 4.70. The van der Waals surface area contributed by atoms with Crippen LogP contribution in [0.1, 0.15) is 40.5 Å². The molecule has 0 saturated carbocycles. The molecule has 14 heavy (non-hydrogen) atoms. The Labute approximate surface area is 85.5 Å². The zero-order valence-corrected chi connectivity index (χ0v) is 9.45. The van der Waals surface area contributed by atoms with Crippen LogP contribution in [0.2, 0.25) is 0 Å². The van der Waals surface area contributed by atoms with Crippen LogP contribution < -0.4 is 0 Å². The molecule has 2 N–H and O–H groups in total. The van der Waals surface area contributed by atoms with Crippen LogP contribution in [-0.4, -0.2) is 39.4 Å². The molecule has 0 spiro atoms. The van der Waals surface area contributed by atoms with Crippen molar-refractivity contribution in [1.82, 2.24) is 4.90 Å². The molecule has 0 aliphatic rings. The monoisotopic (exact) mass is 203 g/mol. The standard InChI is InChI=1S/C10H21NO3/c1-5-6-8(7-12)11(9(13)14)10(2,3)4/h8,12H,5-7H2,1-4H3,(H,13,14). The van der Waals surface area contributed by atoms with Gasteiger partial charge in [0.25, 0.3) is 0 Å². The molecule has 1 unspecified atom stereocenters. The van der Waals surface area contributed by atoms with Crippen molar-refractivity contribution < 1.29 is 15.0 Å². The van der Waals surface area contributed by atoms with E-state index >= 15 is 0 Å². The first-order chi connectivity index (χ1) is 6.34. The van der Waals surface area contributed by atoms with Gasteiger partial charge in [-0.2, -0.15) is 0 Å². The fourth-order valence-electron chi connectivity index (χ4n) is 1.63. The molecule has 1 atom stereocenters. The lowest BCUT2D eigenvalue weighted by molar-refractivity contribution is 0.0429. The second kappa shape index (κ2) is 5.20. The first-order valence-electron chi connectivity index (χ1n) is 4.97. The molecule has 84 valence electrons. The summed E-state index contributed by atoms with van der Waals surface area (Å²) in [7, 11) is 0. The van der Waals surface area contributed by atoms with Gasteiger partial charge < -0.3 is 10.2 Å². The largest absolute Gasteiger partial charge is 0.465 e. The Hall–Kier alpha value is -0.770. The predicted octanol–water partition coefficient (Wildman–Crippen LogP) is 1.93. The lowest BCUT2D eigenvalue weighted by Gasteiger charge is -2.38. The maximum atomic E-state index is 11.0. The minimum atomic E-state index is -0.968. The van der Waals surface area contributed by atoms with Crippen molar-refractivity contribution in [3.63, 3.8) is 0 Å². The Morgan fingerprint density at radius 1 is 1.43 bits per heavy atom. The molecule has 0 heterocycles. The second-order valence-corrected chi connectivity index (χ2v) is 4.45. The normalized spacial score (nSPS) is 13.8. The first kappa shape index (κ1) is 13.2. The van der Waals surface area contributed by atoms with Gasteiger partial charge in [0.05, 0.1) is 12.6 Å². The summed E-state index contributed by atoms with van der Waals surface area (Å²) in [6.45, 7) is 7.36. The van der Waals surface area contributed by atoms with Gasteiger partial charge in [-0.25, -0.2) is 4.79 Å². The van der Waals surface area contributed by atoms with Crippen molar-refractivity contribution in [3.8, 4) is 0 Å². The predicted molar refractivity (Wildman–Crippen MR) is 55.4 cm³/mol. The highest BCUT2D eigenvalue weighted by molar-refractivity contribution is 5.66. The van der Waals surface area contributed by atoms with E-state index in [1.54, 1.807) is 0 Å². The van der Waals surface area contributed by atoms with Gasteiger partial charge in [0.15, 0.2) is 0 Å². The Morgan fingerprint density at radius 3 is 2.14 bits per heavy atom. The van der Waals surface area contributed by atoms with E-state index in [0.717, 1.165) is 6.42 Å². The highest BCUT2D eigenvalue weighted by atomic mass is 16.4. The van der Waals surface area contributed by atoms with E-state index in [1.165, 1.54) is 4.90 Å². The number of carboxylic acid groups (broad SMARTS) is 1. The summed E-state index contributed by atoms with van der Waals surface area (Å²) in [5.74, 6) is 0. The van der Waals surface area contributed by atoms with Crippen LogP contribution in [0.15, 0.2) is 0 Å². The van der Waals surface area contributed by atoms with Crippen molar-refractivity contribution >= 4 is 6.09 Å². The van der Waals surface area contributed by atoms with Gasteiger partial charge >= 0.3 is 6.09 Å².